The first-order chi connectivity index (χ1) is 13.8. The number of anilines is 1. The SMILES string of the molecule is CCc1ccccc1NC(=O)C1CCN(S(=O)(=O)Cc2c(F)cccc2Cl)CC1. The highest BCUT2D eigenvalue weighted by atomic mass is 35.5. The summed E-state index contributed by atoms with van der Waals surface area (Å²) in [7, 11) is -3.72. The maximum absolute atomic E-state index is 14.0. The van der Waals surface area contributed by atoms with Crippen molar-refractivity contribution in [2.75, 3.05) is 18.4 Å². The van der Waals surface area contributed by atoms with Gasteiger partial charge in [0.2, 0.25) is 15.9 Å². The van der Waals surface area contributed by atoms with Gasteiger partial charge >= 0.3 is 0 Å². The fourth-order valence-electron chi connectivity index (χ4n) is 3.53. The Kier molecular flexibility index (Phi) is 6.93. The Morgan fingerprint density at radius 3 is 2.52 bits per heavy atom. The molecule has 1 N–H and O–H groups in total. The van der Waals surface area contributed by atoms with Gasteiger partial charge in [-0.3, -0.25) is 4.79 Å². The number of sulfonamides is 1. The number of benzene rings is 2. The third-order valence-electron chi connectivity index (χ3n) is 5.26. The van der Waals surface area contributed by atoms with E-state index in [0.717, 1.165) is 17.7 Å². The molecule has 1 aliphatic rings. The van der Waals surface area contributed by atoms with Crippen molar-refractivity contribution in [3.8, 4) is 0 Å². The molecule has 0 aromatic heterocycles. The van der Waals surface area contributed by atoms with E-state index in [1.165, 1.54) is 22.5 Å². The molecule has 0 saturated carbocycles. The van der Waals surface area contributed by atoms with Crippen LogP contribution in [0.5, 0.6) is 0 Å². The maximum atomic E-state index is 14.0. The van der Waals surface area contributed by atoms with E-state index in [0.29, 0.717) is 12.8 Å². The molecule has 0 radical (unpaired) electrons. The highest BCUT2D eigenvalue weighted by Gasteiger charge is 2.32. The molecule has 2 aromatic rings. The van der Waals surface area contributed by atoms with Gasteiger partial charge in [0.1, 0.15) is 5.82 Å². The first-order valence-electron chi connectivity index (χ1n) is 9.61. The highest BCUT2D eigenvalue weighted by Crippen LogP contribution is 2.27. The molecule has 0 aliphatic carbocycles. The number of halogens is 2. The van der Waals surface area contributed by atoms with Crippen LogP contribution in [0.4, 0.5) is 10.1 Å². The third-order valence-corrected chi connectivity index (χ3v) is 7.42. The van der Waals surface area contributed by atoms with Gasteiger partial charge in [0, 0.05) is 35.3 Å². The van der Waals surface area contributed by atoms with E-state index in [1.54, 1.807) is 0 Å². The molecule has 0 unspecified atom stereocenters. The Morgan fingerprint density at radius 2 is 1.86 bits per heavy atom. The average Bonchev–Trinajstić information content (AvgIpc) is 2.71. The topological polar surface area (TPSA) is 66.5 Å². The minimum atomic E-state index is -3.72. The second kappa shape index (κ2) is 9.24. The number of carbonyl (C=O) groups is 1. The van der Waals surface area contributed by atoms with Gasteiger partial charge in [-0.1, -0.05) is 42.8 Å². The molecule has 8 heteroatoms. The number of hydrogen-bond donors (Lipinski definition) is 1. The van der Waals surface area contributed by atoms with Crippen molar-refractivity contribution < 1.29 is 17.6 Å². The Bertz CT molecular complexity index is 969. The van der Waals surface area contributed by atoms with Crippen molar-refractivity contribution in [1.29, 1.82) is 0 Å². The molecular formula is C21H24ClFN2O3S. The summed E-state index contributed by atoms with van der Waals surface area (Å²) in [5.41, 5.74) is 1.83. The largest absolute Gasteiger partial charge is 0.326 e. The lowest BCUT2D eigenvalue weighted by Crippen LogP contribution is -2.42. The van der Waals surface area contributed by atoms with E-state index in [-0.39, 0.29) is 35.5 Å². The normalized spacial score (nSPS) is 16.0. The van der Waals surface area contributed by atoms with E-state index in [4.69, 9.17) is 11.6 Å². The van der Waals surface area contributed by atoms with E-state index in [1.807, 2.05) is 31.2 Å². The standard InChI is InChI=1S/C21H24ClFN2O3S/c1-2-15-6-3-4-9-20(15)24-21(26)16-10-12-25(13-11-16)29(27,28)14-17-18(22)7-5-8-19(17)23/h3-9,16H,2,10-14H2,1H3,(H,24,26). The van der Waals surface area contributed by atoms with Crippen molar-refractivity contribution in [2.24, 2.45) is 5.92 Å². The lowest BCUT2D eigenvalue weighted by Gasteiger charge is -2.30. The average molecular weight is 439 g/mol. The van der Waals surface area contributed by atoms with Crippen LogP contribution < -0.4 is 5.32 Å². The van der Waals surface area contributed by atoms with Crippen molar-refractivity contribution in [2.45, 2.75) is 31.9 Å². The zero-order valence-corrected chi connectivity index (χ0v) is 17.8. The fourth-order valence-corrected chi connectivity index (χ4v) is 5.44. The van der Waals surface area contributed by atoms with Gasteiger partial charge in [-0.2, -0.15) is 0 Å². The number of aryl methyl sites for hydroxylation is 1. The summed E-state index contributed by atoms with van der Waals surface area (Å²) in [5.74, 6) is -1.48. The molecule has 5 nitrogen and oxygen atoms in total. The van der Waals surface area contributed by atoms with Gasteiger partial charge in [0.15, 0.2) is 0 Å². The number of carbonyl (C=O) groups excluding carboxylic acids is 1. The molecule has 0 atom stereocenters. The summed E-state index contributed by atoms with van der Waals surface area (Å²) in [6.45, 7) is 2.47. The molecule has 0 spiro atoms. The summed E-state index contributed by atoms with van der Waals surface area (Å²) in [5, 5.41) is 3.06. The van der Waals surface area contributed by atoms with Crippen LogP contribution in [0.25, 0.3) is 0 Å². The van der Waals surface area contributed by atoms with E-state index >= 15 is 0 Å². The van der Waals surface area contributed by atoms with Crippen molar-refractivity contribution in [3.05, 3.63) is 64.4 Å². The zero-order valence-electron chi connectivity index (χ0n) is 16.2. The van der Waals surface area contributed by atoms with Crippen LogP contribution >= 0.6 is 11.6 Å². The minimum absolute atomic E-state index is 0.0230. The fraction of sp³-hybridized carbons (Fsp3) is 0.381. The van der Waals surface area contributed by atoms with Crippen LogP contribution in [0.3, 0.4) is 0 Å². The summed E-state index contributed by atoms with van der Waals surface area (Å²) in [6, 6.07) is 11.8. The molecule has 1 saturated heterocycles. The molecule has 1 heterocycles. The number of hydrogen-bond acceptors (Lipinski definition) is 3. The molecule has 1 amide bonds. The molecule has 156 valence electrons. The van der Waals surface area contributed by atoms with E-state index < -0.39 is 21.6 Å². The van der Waals surface area contributed by atoms with Gasteiger partial charge in [-0.25, -0.2) is 17.1 Å². The molecule has 1 fully saturated rings. The highest BCUT2D eigenvalue weighted by molar-refractivity contribution is 7.88. The second-order valence-electron chi connectivity index (χ2n) is 7.13. The predicted molar refractivity (Wildman–Crippen MR) is 113 cm³/mol. The van der Waals surface area contributed by atoms with Crippen LogP contribution in [-0.2, 0) is 27.0 Å². The van der Waals surface area contributed by atoms with Crippen LogP contribution in [-0.4, -0.2) is 31.7 Å². The van der Waals surface area contributed by atoms with E-state index in [9.17, 15) is 17.6 Å². The number of piperidine rings is 1. The van der Waals surface area contributed by atoms with Crippen LogP contribution in [0.1, 0.15) is 30.9 Å². The van der Waals surface area contributed by atoms with Crippen molar-refractivity contribution in [3.63, 3.8) is 0 Å². The van der Waals surface area contributed by atoms with Gasteiger partial charge < -0.3 is 5.32 Å². The first-order valence-corrected chi connectivity index (χ1v) is 11.6. The summed E-state index contributed by atoms with van der Waals surface area (Å²) in [6.07, 6.45) is 1.65. The first kappa shape index (κ1) is 21.7. The molecular weight excluding hydrogens is 415 g/mol. The Labute approximate surface area is 175 Å². The molecule has 1 aliphatic heterocycles. The van der Waals surface area contributed by atoms with E-state index in [2.05, 4.69) is 5.32 Å². The molecule has 3 rings (SSSR count). The lowest BCUT2D eigenvalue weighted by atomic mass is 9.97. The quantitative estimate of drug-likeness (QED) is 0.734. The lowest BCUT2D eigenvalue weighted by molar-refractivity contribution is -0.120. The number of nitrogens with zero attached hydrogens (tertiary/aromatic N) is 1. The Morgan fingerprint density at radius 1 is 1.17 bits per heavy atom. The predicted octanol–water partition coefficient (Wildman–Crippen LogP) is 4.22. The summed E-state index contributed by atoms with van der Waals surface area (Å²) < 4.78 is 40.7. The van der Waals surface area contributed by atoms with Crippen molar-refractivity contribution in [1.82, 2.24) is 4.31 Å². The van der Waals surface area contributed by atoms with Gasteiger partial charge in [0.05, 0.1) is 5.75 Å². The second-order valence-corrected chi connectivity index (χ2v) is 9.51. The van der Waals surface area contributed by atoms with Gasteiger partial charge in [-0.05, 0) is 43.0 Å². The summed E-state index contributed by atoms with van der Waals surface area (Å²) in [4.78, 5) is 12.6. The van der Waals surface area contributed by atoms with Crippen molar-refractivity contribution >= 4 is 33.2 Å². The zero-order chi connectivity index (χ0) is 21.0. The minimum Gasteiger partial charge on any atom is -0.326 e. The smallest absolute Gasteiger partial charge is 0.227 e. The molecule has 29 heavy (non-hydrogen) atoms. The van der Waals surface area contributed by atoms with Gasteiger partial charge in [-0.15, -0.1) is 0 Å². The number of nitrogens with one attached hydrogen (secondary N) is 1. The number of rotatable bonds is 6. The summed E-state index contributed by atoms with van der Waals surface area (Å²) >= 11 is 5.97. The molecule has 0 bridgehead atoms. The maximum Gasteiger partial charge on any atom is 0.227 e. The van der Waals surface area contributed by atoms with Crippen LogP contribution in [0.15, 0.2) is 42.5 Å². The van der Waals surface area contributed by atoms with Gasteiger partial charge in [0.25, 0.3) is 0 Å². The molecule has 2 aromatic carbocycles. The van der Waals surface area contributed by atoms with Crippen LogP contribution in [0.2, 0.25) is 5.02 Å². The monoisotopic (exact) mass is 438 g/mol. The third kappa shape index (κ3) is 5.15. The van der Waals surface area contributed by atoms with Crippen LogP contribution in [0, 0.1) is 11.7 Å². The Balaban J connectivity index is 1.61. The Hall–Kier alpha value is -1.96. The number of amides is 1. The number of para-hydroxylation sites is 1.